The molecule has 0 radical (unpaired) electrons. The van der Waals surface area contributed by atoms with Gasteiger partial charge in [-0.25, -0.2) is 8.42 Å². The largest absolute Gasteiger partial charge is 0.481 e. The molecule has 0 bridgehead atoms. The van der Waals surface area contributed by atoms with Gasteiger partial charge < -0.3 is 9.84 Å². The molecule has 7 heteroatoms. The van der Waals surface area contributed by atoms with E-state index in [0.29, 0.717) is 19.6 Å². The lowest BCUT2D eigenvalue weighted by atomic mass is 10.0. The molecule has 2 rings (SSSR count). The first-order valence-electron chi connectivity index (χ1n) is 6.82. The highest BCUT2D eigenvalue weighted by molar-refractivity contribution is 7.89. The van der Waals surface area contributed by atoms with Gasteiger partial charge in [0.25, 0.3) is 0 Å². The molecule has 2 unspecified atom stereocenters. The number of hydrogen-bond donors (Lipinski definition) is 1. The fraction of sp³-hybridized carbons (Fsp3) is 0.917. The minimum Gasteiger partial charge on any atom is -0.481 e. The molecule has 2 fully saturated rings. The quantitative estimate of drug-likeness (QED) is 0.811. The second-order valence-corrected chi connectivity index (χ2v) is 7.24. The van der Waals surface area contributed by atoms with E-state index in [1.54, 1.807) is 0 Å². The molecule has 6 nitrogen and oxygen atoms in total. The summed E-state index contributed by atoms with van der Waals surface area (Å²) in [6.07, 6.45) is 3.68. The molecule has 19 heavy (non-hydrogen) atoms. The fourth-order valence-electron chi connectivity index (χ4n) is 2.85. The summed E-state index contributed by atoms with van der Waals surface area (Å²) in [7, 11) is -3.42. The number of carbonyl (C=O) groups is 1. The molecular weight excluding hydrogens is 270 g/mol. The maximum absolute atomic E-state index is 12.4. The van der Waals surface area contributed by atoms with E-state index < -0.39 is 22.0 Å². The van der Waals surface area contributed by atoms with Crippen LogP contribution in [0.4, 0.5) is 0 Å². The second kappa shape index (κ2) is 6.19. The van der Waals surface area contributed by atoms with Crippen molar-refractivity contribution in [3.8, 4) is 0 Å². The van der Waals surface area contributed by atoms with E-state index in [0.717, 1.165) is 25.7 Å². The molecule has 110 valence electrons. The molecule has 0 aromatic rings. The SMILES string of the molecule is O=C(O)CC1CCCCN1S(=O)(=O)CC1CCCO1. The van der Waals surface area contributed by atoms with Gasteiger partial charge in [0.1, 0.15) is 0 Å². The van der Waals surface area contributed by atoms with Gasteiger partial charge in [-0.2, -0.15) is 4.31 Å². The summed E-state index contributed by atoms with van der Waals surface area (Å²) >= 11 is 0. The van der Waals surface area contributed by atoms with E-state index >= 15 is 0 Å². The number of piperidine rings is 1. The molecular formula is C12H21NO5S. The van der Waals surface area contributed by atoms with Crippen LogP contribution in [0.25, 0.3) is 0 Å². The van der Waals surface area contributed by atoms with Crippen molar-refractivity contribution in [2.75, 3.05) is 18.9 Å². The average molecular weight is 291 g/mol. The van der Waals surface area contributed by atoms with Crippen molar-refractivity contribution >= 4 is 16.0 Å². The van der Waals surface area contributed by atoms with Gasteiger partial charge in [0, 0.05) is 19.2 Å². The Labute approximate surface area is 113 Å². The zero-order valence-electron chi connectivity index (χ0n) is 11.0. The molecule has 0 saturated carbocycles. The van der Waals surface area contributed by atoms with E-state index in [9.17, 15) is 13.2 Å². The number of nitrogens with zero attached hydrogens (tertiary/aromatic N) is 1. The molecule has 1 N–H and O–H groups in total. The summed E-state index contributed by atoms with van der Waals surface area (Å²) in [5, 5.41) is 8.89. The Kier molecular flexibility index (Phi) is 4.81. The summed E-state index contributed by atoms with van der Waals surface area (Å²) in [6.45, 7) is 1.06. The number of rotatable bonds is 5. The monoisotopic (exact) mass is 291 g/mol. The standard InChI is InChI=1S/C12H21NO5S/c14-12(15)8-10-4-1-2-6-13(10)19(16,17)9-11-5-3-7-18-11/h10-11H,1-9H2,(H,14,15). The van der Waals surface area contributed by atoms with E-state index in [-0.39, 0.29) is 18.3 Å². The maximum atomic E-state index is 12.4. The Morgan fingerprint density at radius 3 is 2.68 bits per heavy atom. The van der Waals surface area contributed by atoms with Crippen LogP contribution in [0.15, 0.2) is 0 Å². The van der Waals surface area contributed by atoms with Crippen molar-refractivity contribution in [2.45, 2.75) is 50.7 Å². The number of carboxylic acids is 1. The van der Waals surface area contributed by atoms with Gasteiger partial charge >= 0.3 is 5.97 Å². The van der Waals surface area contributed by atoms with Crippen LogP contribution in [0, 0.1) is 0 Å². The van der Waals surface area contributed by atoms with Gasteiger partial charge in [-0.15, -0.1) is 0 Å². The zero-order chi connectivity index (χ0) is 13.9. The minimum absolute atomic E-state index is 0.0108. The highest BCUT2D eigenvalue weighted by Gasteiger charge is 2.35. The first-order valence-corrected chi connectivity index (χ1v) is 8.43. The average Bonchev–Trinajstić information content (AvgIpc) is 2.80. The summed E-state index contributed by atoms with van der Waals surface area (Å²) < 4.78 is 31.5. The zero-order valence-corrected chi connectivity index (χ0v) is 11.8. The van der Waals surface area contributed by atoms with E-state index in [1.807, 2.05) is 0 Å². The van der Waals surface area contributed by atoms with Gasteiger partial charge in [-0.05, 0) is 25.7 Å². The van der Waals surface area contributed by atoms with E-state index in [4.69, 9.17) is 9.84 Å². The van der Waals surface area contributed by atoms with Gasteiger partial charge in [0.15, 0.2) is 0 Å². The number of sulfonamides is 1. The summed E-state index contributed by atoms with van der Waals surface area (Å²) in [5.74, 6) is -0.951. The predicted molar refractivity (Wildman–Crippen MR) is 69.4 cm³/mol. The van der Waals surface area contributed by atoms with Crippen molar-refractivity contribution < 1.29 is 23.1 Å². The van der Waals surface area contributed by atoms with Crippen LogP contribution in [0.3, 0.4) is 0 Å². The van der Waals surface area contributed by atoms with Gasteiger partial charge in [-0.1, -0.05) is 6.42 Å². The Hall–Kier alpha value is -0.660. The number of carboxylic acid groups (broad SMARTS) is 1. The molecule has 2 heterocycles. The van der Waals surface area contributed by atoms with Crippen LogP contribution in [-0.2, 0) is 19.6 Å². The van der Waals surface area contributed by atoms with Crippen LogP contribution >= 0.6 is 0 Å². The summed E-state index contributed by atoms with van der Waals surface area (Å²) in [6, 6.07) is -0.391. The van der Waals surface area contributed by atoms with Crippen LogP contribution in [0.5, 0.6) is 0 Å². The van der Waals surface area contributed by atoms with Crippen molar-refractivity contribution in [1.82, 2.24) is 4.31 Å². The van der Waals surface area contributed by atoms with Crippen LogP contribution in [0.2, 0.25) is 0 Å². The summed E-state index contributed by atoms with van der Waals surface area (Å²) in [4.78, 5) is 10.8. The highest BCUT2D eigenvalue weighted by atomic mass is 32.2. The van der Waals surface area contributed by atoms with Crippen molar-refractivity contribution in [2.24, 2.45) is 0 Å². The normalized spacial score (nSPS) is 29.5. The molecule has 2 aliphatic heterocycles. The van der Waals surface area contributed by atoms with Crippen molar-refractivity contribution in [1.29, 1.82) is 0 Å². The third-order valence-corrected chi connectivity index (χ3v) is 5.75. The minimum atomic E-state index is -3.42. The van der Waals surface area contributed by atoms with Crippen LogP contribution in [0.1, 0.15) is 38.5 Å². The predicted octanol–water partition coefficient (Wildman–Crippen LogP) is 0.824. The highest BCUT2D eigenvalue weighted by Crippen LogP contribution is 2.25. The van der Waals surface area contributed by atoms with E-state index in [1.165, 1.54) is 4.31 Å². The Morgan fingerprint density at radius 1 is 1.26 bits per heavy atom. The van der Waals surface area contributed by atoms with Crippen molar-refractivity contribution in [3.63, 3.8) is 0 Å². The number of hydrogen-bond acceptors (Lipinski definition) is 4. The third-order valence-electron chi connectivity index (χ3n) is 3.76. The lowest BCUT2D eigenvalue weighted by molar-refractivity contribution is -0.138. The number of aliphatic carboxylic acids is 1. The maximum Gasteiger partial charge on any atom is 0.304 e. The third kappa shape index (κ3) is 3.90. The van der Waals surface area contributed by atoms with E-state index in [2.05, 4.69) is 0 Å². The Balaban J connectivity index is 2.04. The van der Waals surface area contributed by atoms with Crippen molar-refractivity contribution in [3.05, 3.63) is 0 Å². The van der Waals surface area contributed by atoms with Gasteiger partial charge in [0.05, 0.1) is 18.3 Å². The molecule has 0 amide bonds. The first-order chi connectivity index (χ1) is 8.99. The van der Waals surface area contributed by atoms with Gasteiger partial charge in [-0.3, -0.25) is 4.79 Å². The molecule has 2 atom stereocenters. The smallest absolute Gasteiger partial charge is 0.304 e. The van der Waals surface area contributed by atoms with Crippen LogP contribution in [-0.4, -0.2) is 54.8 Å². The lowest BCUT2D eigenvalue weighted by Gasteiger charge is -2.34. The second-order valence-electron chi connectivity index (χ2n) is 5.27. The van der Waals surface area contributed by atoms with Crippen LogP contribution < -0.4 is 0 Å². The summed E-state index contributed by atoms with van der Waals surface area (Å²) in [5.41, 5.74) is 0. The fourth-order valence-corrected chi connectivity index (χ4v) is 4.82. The topological polar surface area (TPSA) is 83.9 Å². The molecule has 0 aliphatic carbocycles. The number of ether oxygens (including phenoxy) is 1. The molecule has 0 spiro atoms. The molecule has 2 saturated heterocycles. The molecule has 0 aromatic heterocycles. The first kappa shape index (κ1) is 14.7. The Morgan fingerprint density at radius 2 is 2.05 bits per heavy atom. The Bertz CT molecular complexity index is 416. The molecule has 0 aromatic carbocycles. The lowest BCUT2D eigenvalue weighted by Crippen LogP contribution is -2.47. The molecule has 2 aliphatic rings. The van der Waals surface area contributed by atoms with Gasteiger partial charge in [0.2, 0.25) is 10.0 Å².